The van der Waals surface area contributed by atoms with Gasteiger partial charge in [0.2, 0.25) is 11.5 Å². The van der Waals surface area contributed by atoms with Crippen LogP contribution in [0.15, 0.2) is 60.9 Å². The molecule has 3 heterocycles. The van der Waals surface area contributed by atoms with Crippen molar-refractivity contribution in [1.29, 1.82) is 0 Å². The molecule has 0 aliphatic carbocycles. The summed E-state index contributed by atoms with van der Waals surface area (Å²) in [4.78, 5) is 11.8. The zero-order chi connectivity index (χ0) is 31.1. The molecule has 232 valence electrons. The van der Waals surface area contributed by atoms with E-state index in [1.54, 1.807) is 42.7 Å². The third kappa shape index (κ3) is 6.66. The minimum atomic E-state index is 0.370. The molecule has 0 saturated carbocycles. The van der Waals surface area contributed by atoms with Gasteiger partial charge in [-0.15, -0.1) is 0 Å². The summed E-state index contributed by atoms with van der Waals surface area (Å²) in [7, 11) is 9.67. The van der Waals surface area contributed by atoms with Gasteiger partial charge >= 0.3 is 0 Å². The largest absolute Gasteiger partial charge is 0.493 e. The van der Waals surface area contributed by atoms with Crippen LogP contribution in [-0.2, 0) is 13.1 Å². The Morgan fingerprint density at radius 2 is 1.34 bits per heavy atom. The Kier molecular flexibility index (Phi) is 10.0. The smallest absolute Gasteiger partial charge is 0.203 e. The molecule has 10 heteroatoms. The predicted molar refractivity (Wildman–Crippen MR) is 169 cm³/mol. The predicted octanol–water partition coefficient (Wildman–Crippen LogP) is 5.23. The maximum atomic E-state index is 5.58. The number of rotatable bonds is 13. The van der Waals surface area contributed by atoms with E-state index in [4.69, 9.17) is 33.4 Å². The minimum absolute atomic E-state index is 0.370. The third-order valence-electron chi connectivity index (χ3n) is 7.88. The monoisotopic (exact) mass is 600 g/mol. The number of hydrogen-bond donors (Lipinski definition) is 1. The maximum absolute atomic E-state index is 5.58. The lowest BCUT2D eigenvalue weighted by molar-refractivity contribution is 0.319. The molecule has 5 rings (SSSR count). The maximum Gasteiger partial charge on any atom is 0.203 e. The molecule has 1 fully saturated rings. The normalized spacial score (nSPS) is 14.7. The second-order valence-electron chi connectivity index (χ2n) is 10.5. The number of hydrogen-bond acceptors (Lipinski definition) is 10. The molecule has 2 aromatic carbocycles. The van der Waals surface area contributed by atoms with E-state index in [9.17, 15) is 0 Å². The average molecular weight is 601 g/mol. The van der Waals surface area contributed by atoms with Crippen LogP contribution in [0.4, 0.5) is 0 Å². The topological polar surface area (TPSA) is 96.4 Å². The quantitative estimate of drug-likeness (QED) is 0.220. The Balaban J connectivity index is 1.25. The third-order valence-corrected chi connectivity index (χ3v) is 7.88. The Morgan fingerprint density at radius 3 is 1.93 bits per heavy atom. The summed E-state index contributed by atoms with van der Waals surface area (Å²) in [5, 5.41) is 3.74. The summed E-state index contributed by atoms with van der Waals surface area (Å²) in [5.74, 6) is 3.53. The molecule has 4 aromatic rings. The molecule has 1 saturated heterocycles. The Labute approximate surface area is 258 Å². The molecule has 1 aliphatic heterocycles. The molecule has 0 amide bonds. The lowest BCUT2D eigenvalue weighted by Crippen LogP contribution is -2.32. The average Bonchev–Trinajstić information content (AvgIpc) is 3.53. The summed E-state index contributed by atoms with van der Waals surface area (Å²) in [6, 6.07) is 16.4. The van der Waals surface area contributed by atoms with Crippen LogP contribution in [0.25, 0.3) is 22.5 Å². The molecule has 1 N–H and O–H groups in total. The van der Waals surface area contributed by atoms with Crippen molar-refractivity contribution in [3.05, 3.63) is 72.1 Å². The second-order valence-corrected chi connectivity index (χ2v) is 10.5. The highest BCUT2D eigenvalue weighted by Crippen LogP contribution is 2.42. The molecule has 44 heavy (non-hydrogen) atoms. The lowest BCUT2D eigenvalue weighted by atomic mass is 10.0. The van der Waals surface area contributed by atoms with Crippen molar-refractivity contribution in [2.24, 2.45) is 0 Å². The van der Waals surface area contributed by atoms with Crippen molar-refractivity contribution in [2.45, 2.75) is 25.6 Å². The molecule has 0 bridgehead atoms. The van der Waals surface area contributed by atoms with Crippen LogP contribution < -0.4 is 33.7 Å². The summed E-state index contributed by atoms with van der Waals surface area (Å²) >= 11 is 0. The number of aromatic nitrogens is 2. The van der Waals surface area contributed by atoms with E-state index in [-0.39, 0.29) is 0 Å². The molecule has 1 atom stereocenters. The van der Waals surface area contributed by atoms with Gasteiger partial charge in [0.05, 0.1) is 54.0 Å². The van der Waals surface area contributed by atoms with Crippen molar-refractivity contribution >= 4 is 0 Å². The van der Waals surface area contributed by atoms with Crippen LogP contribution in [0.1, 0.15) is 17.5 Å². The van der Waals surface area contributed by atoms with Crippen LogP contribution in [0, 0.1) is 0 Å². The van der Waals surface area contributed by atoms with E-state index in [1.807, 2.05) is 48.8 Å². The molecule has 0 spiro atoms. The highest BCUT2D eigenvalue weighted by Gasteiger charge is 2.24. The van der Waals surface area contributed by atoms with Crippen LogP contribution in [0.2, 0.25) is 0 Å². The number of likely N-dealkylation sites (tertiary alicyclic amines) is 1. The van der Waals surface area contributed by atoms with Crippen molar-refractivity contribution in [3.8, 4) is 57.0 Å². The van der Waals surface area contributed by atoms with Gasteiger partial charge in [-0.1, -0.05) is 6.07 Å². The van der Waals surface area contributed by atoms with E-state index in [2.05, 4.69) is 27.3 Å². The molecule has 0 radical (unpaired) electrons. The molecular weight excluding hydrogens is 560 g/mol. The molecule has 10 nitrogen and oxygen atoms in total. The fourth-order valence-electron chi connectivity index (χ4n) is 5.66. The van der Waals surface area contributed by atoms with Crippen LogP contribution in [-0.4, -0.2) is 76.7 Å². The fraction of sp³-hybridized carbons (Fsp3) is 0.353. The van der Waals surface area contributed by atoms with Crippen molar-refractivity contribution < 1.29 is 28.4 Å². The Hall–Kier alpha value is -4.54. The highest BCUT2D eigenvalue weighted by molar-refractivity contribution is 5.71. The first kappa shape index (κ1) is 30.9. The van der Waals surface area contributed by atoms with Gasteiger partial charge in [0, 0.05) is 55.7 Å². The first-order chi connectivity index (χ1) is 21.5. The van der Waals surface area contributed by atoms with Gasteiger partial charge in [-0.25, -0.2) is 0 Å². The highest BCUT2D eigenvalue weighted by atomic mass is 16.5. The van der Waals surface area contributed by atoms with Crippen molar-refractivity contribution in [1.82, 2.24) is 20.2 Å². The number of nitrogens with one attached hydrogen (secondary N) is 1. The van der Waals surface area contributed by atoms with E-state index in [1.165, 1.54) is 0 Å². The van der Waals surface area contributed by atoms with E-state index >= 15 is 0 Å². The summed E-state index contributed by atoms with van der Waals surface area (Å²) in [5.41, 5.74) is 5.86. The van der Waals surface area contributed by atoms with Gasteiger partial charge in [0.15, 0.2) is 23.0 Å². The Morgan fingerprint density at radius 1 is 0.727 bits per heavy atom. The van der Waals surface area contributed by atoms with Gasteiger partial charge in [-0.3, -0.25) is 14.9 Å². The molecule has 0 unspecified atom stereocenters. The molecule has 1 aliphatic rings. The van der Waals surface area contributed by atoms with E-state index in [0.717, 1.165) is 66.2 Å². The van der Waals surface area contributed by atoms with Gasteiger partial charge in [-0.2, -0.15) is 0 Å². The SMILES string of the molecule is COc1cc(-c2cc(CN[C@H]3CCN(Cc4cccnc4-c4cc(OC)c(OC)c(OC)c4)C3)ccn2)cc(OC)c1OC. The first-order valence-electron chi connectivity index (χ1n) is 14.5. The van der Waals surface area contributed by atoms with Gasteiger partial charge in [0.1, 0.15) is 0 Å². The van der Waals surface area contributed by atoms with Crippen LogP contribution in [0.5, 0.6) is 34.5 Å². The number of nitrogens with zero attached hydrogens (tertiary/aromatic N) is 3. The van der Waals surface area contributed by atoms with E-state index < -0.39 is 0 Å². The van der Waals surface area contributed by atoms with E-state index in [0.29, 0.717) is 40.5 Å². The second kappa shape index (κ2) is 14.3. The lowest BCUT2D eigenvalue weighted by Gasteiger charge is -2.19. The first-order valence-corrected chi connectivity index (χ1v) is 14.5. The standard InChI is InChI=1S/C34H40N4O6/c1-39-28-15-24(16-29(40-2)33(28)43-5)27-14-22(9-12-35-27)19-37-26-10-13-38(21-26)20-23-8-7-11-36-32(23)25-17-30(41-3)34(44-6)31(18-25)42-4/h7-9,11-12,14-18,26,37H,10,13,19-21H2,1-6H3/t26-/m0/s1. The summed E-state index contributed by atoms with van der Waals surface area (Å²) < 4.78 is 33.2. The van der Waals surface area contributed by atoms with Crippen LogP contribution in [0.3, 0.4) is 0 Å². The number of benzene rings is 2. The minimum Gasteiger partial charge on any atom is -0.493 e. The molecule has 2 aromatic heterocycles. The van der Waals surface area contributed by atoms with Gasteiger partial charge in [0.25, 0.3) is 0 Å². The van der Waals surface area contributed by atoms with Crippen molar-refractivity contribution in [3.63, 3.8) is 0 Å². The van der Waals surface area contributed by atoms with Gasteiger partial charge in [-0.05, 0) is 60.0 Å². The number of ether oxygens (including phenoxy) is 6. The summed E-state index contributed by atoms with van der Waals surface area (Å²) in [6.45, 7) is 3.46. The van der Waals surface area contributed by atoms with Gasteiger partial charge < -0.3 is 33.7 Å². The zero-order valence-corrected chi connectivity index (χ0v) is 26.2. The number of pyridine rings is 2. The molecular formula is C34H40N4O6. The number of methoxy groups -OCH3 is 6. The summed E-state index contributed by atoms with van der Waals surface area (Å²) in [6.07, 6.45) is 4.71. The Bertz CT molecular complexity index is 1530. The van der Waals surface area contributed by atoms with Crippen molar-refractivity contribution in [2.75, 3.05) is 55.7 Å². The van der Waals surface area contributed by atoms with Crippen LogP contribution >= 0.6 is 0 Å². The fourth-order valence-corrected chi connectivity index (χ4v) is 5.66. The zero-order valence-electron chi connectivity index (χ0n) is 26.2.